The third kappa shape index (κ3) is 6.70. The van der Waals surface area contributed by atoms with Crippen LogP contribution in [0, 0.1) is 5.82 Å². The normalized spacial score (nSPS) is 13.5. The predicted molar refractivity (Wildman–Crippen MR) is 92.9 cm³/mol. The Labute approximate surface area is 152 Å². The van der Waals surface area contributed by atoms with Crippen LogP contribution in [0.1, 0.15) is 40.2 Å². The van der Waals surface area contributed by atoms with E-state index in [9.17, 15) is 23.9 Å². The van der Waals surface area contributed by atoms with Crippen LogP contribution >= 0.6 is 0 Å². The molecule has 0 fully saturated rings. The Morgan fingerprint density at radius 3 is 2.19 bits per heavy atom. The zero-order valence-corrected chi connectivity index (χ0v) is 15.6. The molecule has 26 heavy (non-hydrogen) atoms. The molecular weight excluding hydrogens is 343 g/mol. The molecule has 7 nitrogen and oxygen atoms in total. The van der Waals surface area contributed by atoms with Gasteiger partial charge in [0.15, 0.2) is 0 Å². The van der Waals surface area contributed by atoms with Gasteiger partial charge in [-0.15, -0.1) is 0 Å². The van der Waals surface area contributed by atoms with Crippen LogP contribution in [0.2, 0.25) is 0 Å². The van der Waals surface area contributed by atoms with Crippen molar-refractivity contribution in [3.63, 3.8) is 0 Å². The third-order valence-corrected chi connectivity index (χ3v) is 3.48. The van der Waals surface area contributed by atoms with Gasteiger partial charge < -0.3 is 20.1 Å². The fourth-order valence-electron chi connectivity index (χ4n) is 2.12. The molecule has 0 bridgehead atoms. The number of nitrogens with one attached hydrogen (secondary N) is 1. The lowest BCUT2D eigenvalue weighted by atomic mass is 10.1. The van der Waals surface area contributed by atoms with Crippen LogP contribution in [-0.4, -0.2) is 45.7 Å². The molecule has 0 aliphatic rings. The van der Waals surface area contributed by atoms with E-state index in [0.29, 0.717) is 5.56 Å². The summed E-state index contributed by atoms with van der Waals surface area (Å²) >= 11 is 0. The van der Waals surface area contributed by atoms with Crippen molar-refractivity contribution >= 4 is 18.0 Å². The molecule has 0 saturated carbocycles. The van der Waals surface area contributed by atoms with Gasteiger partial charge in [0.1, 0.15) is 23.5 Å². The van der Waals surface area contributed by atoms with Crippen molar-refractivity contribution in [2.75, 3.05) is 0 Å². The number of carboxylic acid groups (broad SMARTS) is 1. The molecule has 0 spiro atoms. The second-order valence-electron chi connectivity index (χ2n) is 6.97. The maximum atomic E-state index is 13.0. The van der Waals surface area contributed by atoms with Crippen molar-refractivity contribution < 1.29 is 28.6 Å². The summed E-state index contributed by atoms with van der Waals surface area (Å²) in [6, 6.07) is 3.27. The largest absolute Gasteiger partial charge is 0.480 e. The standard InChI is InChI=1S/C18H25FN2O5/c1-11(20-17(25)26-18(3,4)5)15(22)21(12(2)16(23)24)10-13-6-8-14(19)9-7-13/h6-9,11-12H,10H2,1-5H3,(H,20,25)(H,23,24). The lowest BCUT2D eigenvalue weighted by Gasteiger charge is -2.30. The predicted octanol–water partition coefficient (Wildman–Crippen LogP) is 2.54. The van der Waals surface area contributed by atoms with Crippen molar-refractivity contribution in [3.8, 4) is 0 Å². The monoisotopic (exact) mass is 368 g/mol. The van der Waals surface area contributed by atoms with E-state index in [4.69, 9.17) is 4.74 Å². The number of alkyl carbamates (subject to hydrolysis) is 1. The summed E-state index contributed by atoms with van der Waals surface area (Å²) in [6.07, 6.45) is -0.775. The second kappa shape index (κ2) is 8.64. The highest BCUT2D eigenvalue weighted by Crippen LogP contribution is 2.13. The lowest BCUT2D eigenvalue weighted by molar-refractivity contribution is -0.150. The van der Waals surface area contributed by atoms with E-state index >= 15 is 0 Å². The number of carbonyl (C=O) groups is 3. The number of carbonyl (C=O) groups excluding carboxylic acids is 2. The topological polar surface area (TPSA) is 95.9 Å². The Hall–Kier alpha value is -2.64. The Kier molecular flexibility index (Phi) is 7.11. The third-order valence-electron chi connectivity index (χ3n) is 3.48. The Morgan fingerprint density at radius 2 is 1.73 bits per heavy atom. The van der Waals surface area contributed by atoms with Crippen LogP contribution in [0.5, 0.6) is 0 Å². The average Bonchev–Trinajstić information content (AvgIpc) is 2.51. The van der Waals surface area contributed by atoms with Crippen molar-refractivity contribution in [2.45, 2.75) is 58.8 Å². The number of nitrogens with zero attached hydrogens (tertiary/aromatic N) is 1. The van der Waals surface area contributed by atoms with Gasteiger partial charge in [0, 0.05) is 6.54 Å². The molecule has 2 amide bonds. The second-order valence-corrected chi connectivity index (χ2v) is 6.97. The van der Waals surface area contributed by atoms with E-state index in [2.05, 4.69) is 5.32 Å². The molecule has 0 aromatic heterocycles. The summed E-state index contributed by atoms with van der Waals surface area (Å²) in [6.45, 7) is 7.83. The molecule has 0 aliphatic heterocycles. The van der Waals surface area contributed by atoms with Gasteiger partial charge in [-0.1, -0.05) is 12.1 Å². The number of hydrogen-bond acceptors (Lipinski definition) is 4. The molecule has 8 heteroatoms. The molecule has 144 valence electrons. The van der Waals surface area contributed by atoms with Crippen LogP contribution in [0.3, 0.4) is 0 Å². The van der Waals surface area contributed by atoms with Crippen molar-refractivity contribution in [3.05, 3.63) is 35.6 Å². The number of amides is 2. The highest BCUT2D eigenvalue weighted by Gasteiger charge is 2.30. The SMILES string of the molecule is CC(NC(=O)OC(C)(C)C)C(=O)N(Cc1ccc(F)cc1)C(C)C(=O)O. The Morgan fingerprint density at radius 1 is 1.19 bits per heavy atom. The smallest absolute Gasteiger partial charge is 0.408 e. The number of halogens is 1. The van der Waals surface area contributed by atoms with E-state index in [1.807, 2.05) is 0 Å². The van der Waals surface area contributed by atoms with Crippen LogP contribution in [-0.2, 0) is 20.9 Å². The number of hydrogen-bond donors (Lipinski definition) is 2. The minimum Gasteiger partial charge on any atom is -0.480 e. The fraction of sp³-hybridized carbons (Fsp3) is 0.500. The minimum absolute atomic E-state index is 0.0348. The van der Waals surface area contributed by atoms with E-state index in [0.717, 1.165) is 4.90 Å². The highest BCUT2D eigenvalue weighted by atomic mass is 19.1. The highest BCUT2D eigenvalue weighted by molar-refractivity contribution is 5.88. The van der Waals surface area contributed by atoms with Gasteiger partial charge in [-0.25, -0.2) is 14.0 Å². The van der Waals surface area contributed by atoms with Crippen LogP contribution in [0.4, 0.5) is 9.18 Å². The lowest BCUT2D eigenvalue weighted by Crippen LogP contribution is -2.52. The van der Waals surface area contributed by atoms with E-state index in [-0.39, 0.29) is 6.54 Å². The summed E-state index contributed by atoms with van der Waals surface area (Å²) in [7, 11) is 0. The molecule has 2 N–H and O–H groups in total. The van der Waals surface area contributed by atoms with Gasteiger partial charge in [-0.3, -0.25) is 4.79 Å². The van der Waals surface area contributed by atoms with Crippen molar-refractivity contribution in [1.82, 2.24) is 10.2 Å². The summed E-state index contributed by atoms with van der Waals surface area (Å²) in [5, 5.41) is 11.7. The first-order valence-electron chi connectivity index (χ1n) is 8.18. The quantitative estimate of drug-likeness (QED) is 0.804. The van der Waals surface area contributed by atoms with Gasteiger partial charge in [-0.2, -0.15) is 0 Å². The summed E-state index contributed by atoms with van der Waals surface area (Å²) < 4.78 is 18.1. The molecule has 0 aliphatic carbocycles. The molecule has 1 aromatic carbocycles. The van der Waals surface area contributed by atoms with Gasteiger partial charge >= 0.3 is 12.1 Å². The minimum atomic E-state index is -1.19. The summed E-state index contributed by atoms with van der Waals surface area (Å²) in [4.78, 5) is 37.0. The first kappa shape index (κ1) is 21.4. The zero-order chi connectivity index (χ0) is 20.1. The molecule has 1 rings (SSSR count). The first-order chi connectivity index (χ1) is 11.9. The zero-order valence-electron chi connectivity index (χ0n) is 15.6. The Balaban J connectivity index is 2.91. The molecular formula is C18H25FN2O5. The molecule has 2 atom stereocenters. The number of rotatable bonds is 6. The van der Waals surface area contributed by atoms with E-state index < -0.39 is 41.5 Å². The van der Waals surface area contributed by atoms with Gasteiger partial charge in [0.05, 0.1) is 0 Å². The number of ether oxygens (including phenoxy) is 1. The van der Waals surface area contributed by atoms with Gasteiger partial charge in [0.25, 0.3) is 0 Å². The molecule has 0 heterocycles. The maximum absolute atomic E-state index is 13.0. The summed E-state index contributed by atoms with van der Waals surface area (Å²) in [5.74, 6) is -2.21. The van der Waals surface area contributed by atoms with Crippen LogP contribution in [0.15, 0.2) is 24.3 Å². The van der Waals surface area contributed by atoms with Crippen LogP contribution < -0.4 is 5.32 Å². The van der Waals surface area contributed by atoms with Gasteiger partial charge in [-0.05, 0) is 52.3 Å². The fourth-order valence-corrected chi connectivity index (χ4v) is 2.12. The molecule has 2 unspecified atom stereocenters. The number of benzene rings is 1. The van der Waals surface area contributed by atoms with Crippen molar-refractivity contribution in [2.24, 2.45) is 0 Å². The average molecular weight is 368 g/mol. The molecule has 1 aromatic rings. The summed E-state index contributed by atoms with van der Waals surface area (Å²) in [5.41, 5.74) is -0.160. The van der Waals surface area contributed by atoms with Crippen LogP contribution in [0.25, 0.3) is 0 Å². The number of aliphatic carboxylic acids is 1. The Bertz CT molecular complexity index is 655. The van der Waals surface area contributed by atoms with Crippen molar-refractivity contribution in [1.29, 1.82) is 0 Å². The van der Waals surface area contributed by atoms with E-state index in [1.54, 1.807) is 20.8 Å². The number of carboxylic acids is 1. The van der Waals surface area contributed by atoms with Gasteiger partial charge in [0.2, 0.25) is 5.91 Å². The maximum Gasteiger partial charge on any atom is 0.408 e. The molecule has 0 saturated heterocycles. The molecule has 0 radical (unpaired) electrons. The first-order valence-corrected chi connectivity index (χ1v) is 8.18. The van der Waals surface area contributed by atoms with E-state index in [1.165, 1.54) is 38.1 Å².